The predicted octanol–water partition coefficient (Wildman–Crippen LogP) is 2.64. The van der Waals surface area contributed by atoms with Gasteiger partial charge in [-0.2, -0.15) is 5.10 Å². The molecule has 6 heteroatoms. The Morgan fingerprint density at radius 3 is 2.86 bits per heavy atom. The Hall–Kier alpha value is -1.69. The third-order valence-electron chi connectivity index (χ3n) is 3.98. The Morgan fingerprint density at radius 1 is 1.29 bits per heavy atom. The van der Waals surface area contributed by atoms with E-state index in [0.29, 0.717) is 12.7 Å². The SMILES string of the molecule is CCNc1nc(COC2CCCCC2)nc2c1cnn2C. The third-order valence-corrected chi connectivity index (χ3v) is 3.98. The van der Waals surface area contributed by atoms with Crippen LogP contribution < -0.4 is 5.32 Å². The predicted molar refractivity (Wildman–Crippen MR) is 82.1 cm³/mol. The van der Waals surface area contributed by atoms with Gasteiger partial charge in [0.05, 0.1) is 17.7 Å². The van der Waals surface area contributed by atoms with Gasteiger partial charge in [0.1, 0.15) is 12.4 Å². The van der Waals surface area contributed by atoms with Crippen LogP contribution in [0.15, 0.2) is 6.20 Å². The van der Waals surface area contributed by atoms with Gasteiger partial charge in [-0.25, -0.2) is 9.97 Å². The molecule has 0 aromatic carbocycles. The minimum absolute atomic E-state index is 0.368. The summed E-state index contributed by atoms with van der Waals surface area (Å²) in [4.78, 5) is 9.17. The van der Waals surface area contributed by atoms with Gasteiger partial charge in [0.25, 0.3) is 0 Å². The normalized spacial score (nSPS) is 16.5. The van der Waals surface area contributed by atoms with E-state index >= 15 is 0 Å². The molecule has 1 saturated carbocycles. The third kappa shape index (κ3) is 3.15. The van der Waals surface area contributed by atoms with Gasteiger partial charge in [-0.05, 0) is 19.8 Å². The quantitative estimate of drug-likeness (QED) is 0.916. The van der Waals surface area contributed by atoms with Crippen LogP contribution in [0.4, 0.5) is 5.82 Å². The first-order chi connectivity index (χ1) is 10.3. The summed E-state index contributed by atoms with van der Waals surface area (Å²) in [6.45, 7) is 3.36. The average molecular weight is 289 g/mol. The second-order valence-corrected chi connectivity index (χ2v) is 5.60. The van der Waals surface area contributed by atoms with Crippen LogP contribution in [-0.4, -0.2) is 32.4 Å². The molecule has 0 radical (unpaired) electrons. The maximum atomic E-state index is 5.99. The van der Waals surface area contributed by atoms with Crippen molar-refractivity contribution in [1.29, 1.82) is 0 Å². The summed E-state index contributed by atoms with van der Waals surface area (Å²) in [5, 5.41) is 8.50. The molecule has 1 aliphatic rings. The van der Waals surface area contributed by atoms with Crippen LogP contribution in [0.1, 0.15) is 44.9 Å². The summed E-state index contributed by atoms with van der Waals surface area (Å²) >= 11 is 0. The molecule has 0 saturated heterocycles. The van der Waals surface area contributed by atoms with Gasteiger partial charge in [0.2, 0.25) is 0 Å². The van der Waals surface area contributed by atoms with Crippen molar-refractivity contribution < 1.29 is 4.74 Å². The molecular formula is C15H23N5O. The van der Waals surface area contributed by atoms with Gasteiger partial charge in [-0.1, -0.05) is 19.3 Å². The van der Waals surface area contributed by atoms with Gasteiger partial charge in [0.15, 0.2) is 11.5 Å². The summed E-state index contributed by atoms with van der Waals surface area (Å²) in [6, 6.07) is 0. The highest BCUT2D eigenvalue weighted by Gasteiger charge is 2.16. The number of aryl methyl sites for hydroxylation is 1. The van der Waals surface area contributed by atoms with E-state index in [1.54, 1.807) is 10.9 Å². The first-order valence-electron chi connectivity index (χ1n) is 7.82. The molecule has 6 nitrogen and oxygen atoms in total. The molecule has 0 unspecified atom stereocenters. The van der Waals surface area contributed by atoms with E-state index in [9.17, 15) is 0 Å². The lowest BCUT2D eigenvalue weighted by molar-refractivity contribution is 0.0137. The largest absolute Gasteiger partial charge is 0.370 e. The molecular weight excluding hydrogens is 266 g/mol. The van der Waals surface area contributed by atoms with Crippen molar-refractivity contribution in [3.05, 3.63) is 12.0 Å². The Kier molecular flexibility index (Phi) is 4.34. The van der Waals surface area contributed by atoms with Gasteiger partial charge in [0, 0.05) is 13.6 Å². The first kappa shape index (κ1) is 14.3. The van der Waals surface area contributed by atoms with E-state index in [1.165, 1.54) is 19.3 Å². The monoisotopic (exact) mass is 289 g/mol. The van der Waals surface area contributed by atoms with Gasteiger partial charge in [-0.15, -0.1) is 0 Å². The molecule has 1 N–H and O–H groups in total. The van der Waals surface area contributed by atoms with Crippen molar-refractivity contribution in [2.75, 3.05) is 11.9 Å². The number of nitrogens with one attached hydrogen (secondary N) is 1. The lowest BCUT2D eigenvalue weighted by Gasteiger charge is -2.21. The highest BCUT2D eigenvalue weighted by molar-refractivity contribution is 5.86. The topological polar surface area (TPSA) is 64.9 Å². The van der Waals surface area contributed by atoms with Crippen molar-refractivity contribution >= 4 is 16.9 Å². The van der Waals surface area contributed by atoms with Crippen LogP contribution in [0.3, 0.4) is 0 Å². The zero-order chi connectivity index (χ0) is 14.7. The van der Waals surface area contributed by atoms with Crippen molar-refractivity contribution in [1.82, 2.24) is 19.7 Å². The standard InChI is InChI=1S/C15H23N5O/c1-3-16-14-12-9-17-20(2)15(12)19-13(18-14)10-21-11-7-5-4-6-8-11/h9,11H,3-8,10H2,1-2H3,(H,16,18,19). The highest BCUT2D eigenvalue weighted by atomic mass is 16.5. The number of rotatable bonds is 5. The Balaban J connectivity index is 1.79. The minimum atomic E-state index is 0.368. The zero-order valence-electron chi connectivity index (χ0n) is 12.8. The van der Waals surface area contributed by atoms with Gasteiger partial charge in [-0.3, -0.25) is 4.68 Å². The van der Waals surface area contributed by atoms with Crippen molar-refractivity contribution in [2.24, 2.45) is 7.05 Å². The van der Waals surface area contributed by atoms with Crippen LogP contribution in [0.25, 0.3) is 11.0 Å². The second kappa shape index (κ2) is 6.39. The molecule has 0 bridgehead atoms. The smallest absolute Gasteiger partial charge is 0.163 e. The number of hydrogen-bond acceptors (Lipinski definition) is 5. The average Bonchev–Trinajstić information content (AvgIpc) is 2.88. The Labute approximate surface area is 124 Å². The van der Waals surface area contributed by atoms with E-state index in [1.807, 2.05) is 7.05 Å². The Morgan fingerprint density at radius 2 is 2.10 bits per heavy atom. The lowest BCUT2D eigenvalue weighted by atomic mass is 9.98. The van der Waals surface area contributed by atoms with Crippen molar-refractivity contribution in [2.45, 2.75) is 51.7 Å². The molecule has 114 valence electrons. The van der Waals surface area contributed by atoms with Crippen LogP contribution >= 0.6 is 0 Å². The number of anilines is 1. The maximum Gasteiger partial charge on any atom is 0.163 e. The molecule has 3 rings (SSSR count). The first-order valence-corrected chi connectivity index (χ1v) is 7.82. The fourth-order valence-corrected chi connectivity index (χ4v) is 2.86. The summed E-state index contributed by atoms with van der Waals surface area (Å²) in [5.41, 5.74) is 0.850. The molecule has 2 heterocycles. The van der Waals surface area contributed by atoms with Crippen LogP contribution in [0.2, 0.25) is 0 Å². The van der Waals surface area contributed by atoms with E-state index < -0.39 is 0 Å². The summed E-state index contributed by atoms with van der Waals surface area (Å²) in [5.74, 6) is 1.57. The Bertz CT molecular complexity index is 603. The van der Waals surface area contributed by atoms with Gasteiger partial charge >= 0.3 is 0 Å². The number of nitrogens with zero attached hydrogens (tertiary/aromatic N) is 4. The molecule has 1 fully saturated rings. The van der Waals surface area contributed by atoms with Crippen LogP contribution in [-0.2, 0) is 18.4 Å². The summed E-state index contributed by atoms with van der Waals surface area (Å²) in [6.07, 6.45) is 8.37. The van der Waals surface area contributed by atoms with E-state index in [-0.39, 0.29) is 0 Å². The molecule has 0 atom stereocenters. The molecule has 1 aliphatic carbocycles. The van der Waals surface area contributed by atoms with Crippen LogP contribution in [0, 0.1) is 0 Å². The zero-order valence-corrected chi connectivity index (χ0v) is 12.8. The van der Waals surface area contributed by atoms with Crippen molar-refractivity contribution in [3.8, 4) is 0 Å². The highest BCUT2D eigenvalue weighted by Crippen LogP contribution is 2.23. The summed E-state index contributed by atoms with van der Waals surface area (Å²) < 4.78 is 7.76. The molecule has 0 spiro atoms. The van der Waals surface area contributed by atoms with E-state index in [4.69, 9.17) is 4.74 Å². The van der Waals surface area contributed by atoms with Gasteiger partial charge < -0.3 is 10.1 Å². The molecule has 0 amide bonds. The van der Waals surface area contributed by atoms with Crippen LogP contribution in [0.5, 0.6) is 0 Å². The molecule has 0 aliphatic heterocycles. The second-order valence-electron chi connectivity index (χ2n) is 5.60. The fraction of sp³-hybridized carbons (Fsp3) is 0.667. The summed E-state index contributed by atoms with van der Waals surface area (Å²) in [7, 11) is 1.90. The van der Waals surface area contributed by atoms with Crippen molar-refractivity contribution in [3.63, 3.8) is 0 Å². The molecule has 21 heavy (non-hydrogen) atoms. The van der Waals surface area contributed by atoms with E-state index in [0.717, 1.165) is 42.1 Å². The minimum Gasteiger partial charge on any atom is -0.370 e. The molecule has 2 aromatic heterocycles. The van der Waals surface area contributed by atoms with E-state index in [2.05, 4.69) is 27.3 Å². The fourth-order valence-electron chi connectivity index (χ4n) is 2.86. The molecule has 2 aromatic rings. The number of hydrogen-bond donors (Lipinski definition) is 1. The maximum absolute atomic E-state index is 5.99. The number of ether oxygens (including phenoxy) is 1. The lowest BCUT2D eigenvalue weighted by Crippen LogP contribution is -2.17. The number of aromatic nitrogens is 4. The number of fused-ring (bicyclic) bond motifs is 1.